The molecule has 0 bridgehead atoms. The lowest BCUT2D eigenvalue weighted by molar-refractivity contribution is 0.616. The molecule has 2 aromatic carbocycles. The van der Waals surface area contributed by atoms with Gasteiger partial charge >= 0.3 is 0 Å². The normalized spacial score (nSPS) is 11.7. The molecule has 0 fully saturated rings. The number of benzene rings is 2. The average molecular weight is 210 g/mol. The van der Waals surface area contributed by atoms with Crippen LogP contribution in [0.3, 0.4) is 0 Å². The molecule has 0 unspecified atom stereocenters. The molecule has 3 aromatic rings. The number of rotatable bonds is 1. The Balaban J connectivity index is 2.41. The Kier molecular flexibility index (Phi) is 2.00. The first-order valence-corrected chi connectivity index (χ1v) is 5.65. The van der Waals surface area contributed by atoms with E-state index in [4.69, 9.17) is 4.42 Å². The van der Waals surface area contributed by atoms with Crippen LogP contribution in [0.25, 0.3) is 21.7 Å². The summed E-state index contributed by atoms with van der Waals surface area (Å²) in [6, 6.07) is 12.9. The van der Waals surface area contributed by atoms with Crippen LogP contribution in [0.4, 0.5) is 0 Å². The van der Waals surface area contributed by atoms with E-state index in [0.29, 0.717) is 5.92 Å². The summed E-state index contributed by atoms with van der Waals surface area (Å²) in [7, 11) is 0. The fraction of sp³-hybridized carbons (Fsp3) is 0.200. The van der Waals surface area contributed by atoms with E-state index >= 15 is 0 Å². The highest BCUT2D eigenvalue weighted by Crippen LogP contribution is 2.28. The molecule has 16 heavy (non-hydrogen) atoms. The first-order chi connectivity index (χ1) is 7.75. The van der Waals surface area contributed by atoms with Gasteiger partial charge in [0.05, 0.1) is 6.26 Å². The third kappa shape index (κ3) is 1.32. The second-order valence-corrected chi connectivity index (χ2v) is 4.53. The predicted octanol–water partition coefficient (Wildman–Crippen LogP) is 4.71. The van der Waals surface area contributed by atoms with Crippen LogP contribution in [-0.4, -0.2) is 0 Å². The van der Waals surface area contributed by atoms with Gasteiger partial charge in [-0.25, -0.2) is 0 Å². The zero-order valence-electron chi connectivity index (χ0n) is 9.53. The lowest BCUT2D eigenvalue weighted by Gasteiger charge is -2.07. The molecular formula is C15H14O. The fourth-order valence-electron chi connectivity index (χ4n) is 2.15. The summed E-state index contributed by atoms with van der Waals surface area (Å²) in [4.78, 5) is 0. The van der Waals surface area contributed by atoms with Gasteiger partial charge in [0.1, 0.15) is 5.58 Å². The van der Waals surface area contributed by atoms with Gasteiger partial charge in [0.2, 0.25) is 0 Å². The SMILES string of the molecule is CC(C)c1ccc2ccc3occc3c2c1. The van der Waals surface area contributed by atoms with Crippen molar-refractivity contribution in [1.82, 2.24) is 0 Å². The van der Waals surface area contributed by atoms with Crippen molar-refractivity contribution < 1.29 is 4.42 Å². The van der Waals surface area contributed by atoms with Crippen LogP contribution < -0.4 is 0 Å². The van der Waals surface area contributed by atoms with Crippen molar-refractivity contribution in [3.63, 3.8) is 0 Å². The van der Waals surface area contributed by atoms with Gasteiger partial charge in [-0.15, -0.1) is 0 Å². The topological polar surface area (TPSA) is 13.1 Å². The van der Waals surface area contributed by atoms with E-state index in [-0.39, 0.29) is 0 Å². The molecule has 0 amide bonds. The van der Waals surface area contributed by atoms with E-state index in [0.717, 1.165) is 5.58 Å². The maximum absolute atomic E-state index is 5.43. The minimum Gasteiger partial charge on any atom is -0.464 e. The first-order valence-electron chi connectivity index (χ1n) is 5.65. The zero-order chi connectivity index (χ0) is 11.1. The van der Waals surface area contributed by atoms with Crippen LogP contribution in [-0.2, 0) is 0 Å². The Morgan fingerprint density at radius 3 is 2.56 bits per heavy atom. The lowest BCUT2D eigenvalue weighted by Crippen LogP contribution is -1.86. The van der Waals surface area contributed by atoms with E-state index in [1.54, 1.807) is 6.26 Å². The molecule has 0 aliphatic heterocycles. The molecule has 3 rings (SSSR count). The van der Waals surface area contributed by atoms with Gasteiger partial charge in [0.15, 0.2) is 0 Å². The van der Waals surface area contributed by atoms with E-state index < -0.39 is 0 Å². The molecule has 80 valence electrons. The van der Waals surface area contributed by atoms with Gasteiger partial charge in [0, 0.05) is 5.39 Å². The molecule has 0 radical (unpaired) electrons. The average Bonchev–Trinajstić information content (AvgIpc) is 2.76. The lowest BCUT2D eigenvalue weighted by atomic mass is 9.98. The summed E-state index contributed by atoms with van der Waals surface area (Å²) in [6.45, 7) is 4.44. The Labute approximate surface area is 94.7 Å². The number of hydrogen-bond acceptors (Lipinski definition) is 1. The summed E-state index contributed by atoms with van der Waals surface area (Å²) >= 11 is 0. The maximum Gasteiger partial charge on any atom is 0.134 e. The summed E-state index contributed by atoms with van der Waals surface area (Å²) in [5.41, 5.74) is 2.34. The number of hydrogen-bond donors (Lipinski definition) is 0. The molecule has 0 atom stereocenters. The summed E-state index contributed by atoms with van der Waals surface area (Å²) in [5, 5.41) is 3.77. The molecule has 1 aromatic heterocycles. The van der Waals surface area contributed by atoms with Crippen LogP contribution in [0.5, 0.6) is 0 Å². The quantitative estimate of drug-likeness (QED) is 0.567. The van der Waals surface area contributed by atoms with E-state index in [1.165, 1.54) is 21.7 Å². The smallest absolute Gasteiger partial charge is 0.134 e. The van der Waals surface area contributed by atoms with E-state index in [9.17, 15) is 0 Å². The Morgan fingerprint density at radius 2 is 1.75 bits per heavy atom. The Bertz CT molecular complexity index is 647. The highest BCUT2D eigenvalue weighted by molar-refractivity contribution is 6.05. The summed E-state index contributed by atoms with van der Waals surface area (Å²) in [6.07, 6.45) is 1.76. The molecule has 1 heteroatoms. The molecule has 1 heterocycles. The minimum absolute atomic E-state index is 0.562. The molecule has 0 N–H and O–H groups in total. The van der Waals surface area contributed by atoms with Crippen LogP contribution in [0.1, 0.15) is 25.3 Å². The second-order valence-electron chi connectivity index (χ2n) is 4.53. The van der Waals surface area contributed by atoms with Gasteiger partial charge in [-0.05, 0) is 34.4 Å². The van der Waals surface area contributed by atoms with Crippen molar-refractivity contribution in [1.29, 1.82) is 0 Å². The van der Waals surface area contributed by atoms with Crippen molar-refractivity contribution in [3.8, 4) is 0 Å². The van der Waals surface area contributed by atoms with E-state index in [1.807, 2.05) is 12.1 Å². The molecule has 0 aliphatic carbocycles. The van der Waals surface area contributed by atoms with Gasteiger partial charge < -0.3 is 4.42 Å². The summed E-state index contributed by atoms with van der Waals surface area (Å²) < 4.78 is 5.43. The number of furan rings is 1. The standard InChI is InChI=1S/C15H14O/c1-10(2)12-4-3-11-5-6-15-13(7-8-16-15)14(11)9-12/h3-10H,1-2H3. The molecular weight excluding hydrogens is 196 g/mol. The number of fused-ring (bicyclic) bond motifs is 3. The zero-order valence-corrected chi connectivity index (χ0v) is 9.53. The van der Waals surface area contributed by atoms with Crippen molar-refractivity contribution in [2.45, 2.75) is 19.8 Å². The molecule has 0 spiro atoms. The fourth-order valence-corrected chi connectivity index (χ4v) is 2.15. The monoisotopic (exact) mass is 210 g/mol. The Morgan fingerprint density at radius 1 is 0.938 bits per heavy atom. The first kappa shape index (κ1) is 9.46. The van der Waals surface area contributed by atoms with Gasteiger partial charge in [-0.1, -0.05) is 38.1 Å². The third-order valence-electron chi connectivity index (χ3n) is 3.14. The highest BCUT2D eigenvalue weighted by Gasteiger charge is 2.05. The van der Waals surface area contributed by atoms with Crippen molar-refractivity contribution in [3.05, 3.63) is 48.2 Å². The van der Waals surface area contributed by atoms with E-state index in [2.05, 4.69) is 38.1 Å². The molecule has 1 nitrogen and oxygen atoms in total. The second kappa shape index (κ2) is 3.38. The maximum atomic E-state index is 5.43. The van der Waals surface area contributed by atoms with Crippen molar-refractivity contribution in [2.24, 2.45) is 0 Å². The predicted molar refractivity (Wildman–Crippen MR) is 67.8 cm³/mol. The van der Waals surface area contributed by atoms with Crippen LogP contribution in [0.2, 0.25) is 0 Å². The van der Waals surface area contributed by atoms with Gasteiger partial charge in [-0.2, -0.15) is 0 Å². The largest absolute Gasteiger partial charge is 0.464 e. The third-order valence-corrected chi connectivity index (χ3v) is 3.14. The van der Waals surface area contributed by atoms with Gasteiger partial charge in [0.25, 0.3) is 0 Å². The van der Waals surface area contributed by atoms with Gasteiger partial charge in [-0.3, -0.25) is 0 Å². The highest BCUT2D eigenvalue weighted by atomic mass is 16.3. The van der Waals surface area contributed by atoms with Crippen molar-refractivity contribution in [2.75, 3.05) is 0 Å². The minimum atomic E-state index is 0.562. The summed E-state index contributed by atoms with van der Waals surface area (Å²) in [5.74, 6) is 0.562. The molecule has 0 aliphatic rings. The van der Waals surface area contributed by atoms with Crippen LogP contribution >= 0.6 is 0 Å². The Hall–Kier alpha value is -1.76. The van der Waals surface area contributed by atoms with Crippen LogP contribution in [0.15, 0.2) is 47.1 Å². The molecule has 0 saturated carbocycles. The molecule has 0 saturated heterocycles. The van der Waals surface area contributed by atoms with Crippen LogP contribution in [0, 0.1) is 0 Å². The van der Waals surface area contributed by atoms with Crippen molar-refractivity contribution >= 4 is 21.7 Å².